The summed E-state index contributed by atoms with van der Waals surface area (Å²) in [5.74, 6) is -1.03. The normalized spacial score (nSPS) is 18.2. The highest BCUT2D eigenvalue weighted by molar-refractivity contribution is 6.13. The van der Waals surface area contributed by atoms with Crippen LogP contribution in [0.25, 0.3) is 16.6 Å². The molecule has 7 nitrogen and oxygen atoms in total. The SMILES string of the molecule is O=C1c2cc(F)ccc2-n2c1nc1cc(N3COC(CO)C3)ccc1c2=O. The Morgan fingerprint density at radius 3 is 2.85 bits per heavy atom. The number of benzene rings is 2. The molecular formula is C19H14FN3O4. The van der Waals surface area contributed by atoms with Gasteiger partial charge in [-0.25, -0.2) is 9.37 Å². The molecule has 0 spiro atoms. The van der Waals surface area contributed by atoms with Gasteiger partial charge in [-0.2, -0.15) is 0 Å². The number of aliphatic hydroxyl groups excluding tert-OH is 1. The number of nitrogens with zero attached hydrogens (tertiary/aromatic N) is 3. The van der Waals surface area contributed by atoms with Crippen LogP contribution in [0, 0.1) is 5.82 Å². The topological polar surface area (TPSA) is 84.7 Å². The summed E-state index contributed by atoms with van der Waals surface area (Å²) in [4.78, 5) is 31.9. The van der Waals surface area contributed by atoms with Gasteiger partial charge in [-0.1, -0.05) is 0 Å². The van der Waals surface area contributed by atoms with Crippen LogP contribution in [0.3, 0.4) is 0 Å². The third-order valence-electron chi connectivity index (χ3n) is 4.96. The van der Waals surface area contributed by atoms with Crippen LogP contribution in [0.2, 0.25) is 0 Å². The van der Waals surface area contributed by atoms with Crippen LogP contribution < -0.4 is 10.5 Å². The van der Waals surface area contributed by atoms with E-state index in [1.165, 1.54) is 16.7 Å². The molecule has 1 fully saturated rings. The minimum Gasteiger partial charge on any atom is -0.394 e. The van der Waals surface area contributed by atoms with Crippen LogP contribution in [-0.2, 0) is 4.74 Å². The number of rotatable bonds is 2. The molecule has 1 atom stereocenters. The van der Waals surface area contributed by atoms with Crippen LogP contribution in [0.5, 0.6) is 0 Å². The lowest BCUT2D eigenvalue weighted by Gasteiger charge is -2.16. The molecule has 3 heterocycles. The van der Waals surface area contributed by atoms with E-state index in [4.69, 9.17) is 4.74 Å². The highest BCUT2D eigenvalue weighted by atomic mass is 19.1. The van der Waals surface area contributed by atoms with E-state index < -0.39 is 11.6 Å². The molecule has 0 aliphatic carbocycles. The third-order valence-corrected chi connectivity index (χ3v) is 4.96. The first-order valence-electron chi connectivity index (χ1n) is 8.45. The van der Waals surface area contributed by atoms with Gasteiger partial charge in [0.25, 0.3) is 5.56 Å². The first kappa shape index (κ1) is 16.1. The highest BCUT2D eigenvalue weighted by Gasteiger charge is 2.31. The smallest absolute Gasteiger partial charge is 0.266 e. The number of carbonyl (C=O) groups is 1. The Labute approximate surface area is 152 Å². The Kier molecular flexibility index (Phi) is 3.40. The molecule has 136 valence electrons. The Morgan fingerprint density at radius 1 is 1.22 bits per heavy atom. The largest absolute Gasteiger partial charge is 0.394 e. The number of hydrogen-bond donors (Lipinski definition) is 1. The summed E-state index contributed by atoms with van der Waals surface area (Å²) in [6, 6.07) is 8.91. The van der Waals surface area contributed by atoms with Crippen molar-refractivity contribution in [3.8, 4) is 5.69 Å². The predicted molar refractivity (Wildman–Crippen MR) is 94.9 cm³/mol. The maximum Gasteiger partial charge on any atom is 0.266 e. The number of halogens is 1. The standard InChI is InChI=1S/C19H14FN3O4/c20-10-1-4-16-14(5-10)17(25)18-21-15-6-11(22-7-12(8-24)27-9-22)2-3-13(15)19(26)23(16)18/h1-6,12,24H,7-9H2. The van der Waals surface area contributed by atoms with Gasteiger partial charge in [0, 0.05) is 12.2 Å². The number of ketones is 1. The molecule has 1 N–H and O–H groups in total. The molecule has 3 aromatic rings. The van der Waals surface area contributed by atoms with Gasteiger partial charge in [0.15, 0.2) is 5.82 Å². The van der Waals surface area contributed by atoms with Crippen molar-refractivity contribution in [3.63, 3.8) is 0 Å². The van der Waals surface area contributed by atoms with Gasteiger partial charge in [-0.05, 0) is 36.4 Å². The average Bonchev–Trinajstić information content (AvgIpc) is 3.26. The van der Waals surface area contributed by atoms with Crippen LogP contribution >= 0.6 is 0 Å². The third kappa shape index (κ3) is 2.30. The second kappa shape index (κ2) is 5.70. The van der Waals surface area contributed by atoms with Gasteiger partial charge in [-0.15, -0.1) is 0 Å². The zero-order chi connectivity index (χ0) is 18.7. The summed E-state index contributed by atoms with van der Waals surface area (Å²) >= 11 is 0. The van der Waals surface area contributed by atoms with Crippen molar-refractivity contribution in [1.29, 1.82) is 0 Å². The second-order valence-electron chi connectivity index (χ2n) is 6.59. The minimum atomic E-state index is -0.540. The number of fused-ring (bicyclic) bond motifs is 4. The van der Waals surface area contributed by atoms with E-state index >= 15 is 0 Å². The van der Waals surface area contributed by atoms with Crippen LogP contribution in [0.4, 0.5) is 10.1 Å². The molecule has 1 saturated heterocycles. The lowest BCUT2D eigenvalue weighted by Crippen LogP contribution is -2.24. The summed E-state index contributed by atoms with van der Waals surface area (Å²) in [7, 11) is 0. The fourth-order valence-electron chi connectivity index (χ4n) is 3.59. The summed E-state index contributed by atoms with van der Waals surface area (Å²) < 4.78 is 20.2. The fraction of sp³-hybridized carbons (Fsp3) is 0.211. The van der Waals surface area contributed by atoms with Gasteiger partial charge in [0.2, 0.25) is 5.78 Å². The van der Waals surface area contributed by atoms with E-state index in [0.717, 1.165) is 11.8 Å². The van der Waals surface area contributed by atoms with Gasteiger partial charge in [0.05, 0.1) is 28.8 Å². The monoisotopic (exact) mass is 367 g/mol. The lowest BCUT2D eigenvalue weighted by atomic mass is 10.1. The number of carbonyl (C=O) groups excluding carboxylic acids is 1. The molecule has 1 aromatic heterocycles. The van der Waals surface area contributed by atoms with E-state index in [2.05, 4.69) is 4.98 Å². The number of ether oxygens (including phenoxy) is 1. The van der Waals surface area contributed by atoms with Crippen LogP contribution in [0.1, 0.15) is 16.2 Å². The average molecular weight is 367 g/mol. The van der Waals surface area contributed by atoms with Gasteiger partial charge >= 0.3 is 0 Å². The zero-order valence-electron chi connectivity index (χ0n) is 14.1. The van der Waals surface area contributed by atoms with E-state index in [1.54, 1.807) is 18.2 Å². The molecule has 0 saturated carbocycles. The minimum absolute atomic E-state index is 0.0174. The Hall–Kier alpha value is -3.10. The molecule has 2 aliphatic heterocycles. The van der Waals surface area contributed by atoms with E-state index in [-0.39, 0.29) is 29.7 Å². The van der Waals surface area contributed by atoms with E-state index in [1.807, 2.05) is 4.90 Å². The summed E-state index contributed by atoms with van der Waals surface area (Å²) in [5.41, 5.74) is 1.28. The molecule has 0 radical (unpaired) electrons. The summed E-state index contributed by atoms with van der Waals surface area (Å²) in [5, 5.41) is 9.57. The van der Waals surface area contributed by atoms with Crippen LogP contribution in [-0.4, -0.2) is 46.4 Å². The van der Waals surface area contributed by atoms with Crippen molar-refractivity contribution in [2.75, 3.05) is 24.8 Å². The summed E-state index contributed by atoms with van der Waals surface area (Å²) in [6.45, 7) is 0.778. The quantitative estimate of drug-likeness (QED) is 0.574. The Morgan fingerprint density at radius 2 is 2.07 bits per heavy atom. The molecule has 0 bridgehead atoms. The Bertz CT molecular complexity index is 1170. The molecule has 1 unspecified atom stereocenters. The summed E-state index contributed by atoms with van der Waals surface area (Å²) in [6.07, 6.45) is -0.259. The van der Waals surface area contributed by atoms with Crippen molar-refractivity contribution in [2.24, 2.45) is 0 Å². The molecule has 2 aliphatic rings. The van der Waals surface area contributed by atoms with Crippen molar-refractivity contribution in [1.82, 2.24) is 9.55 Å². The maximum absolute atomic E-state index is 13.5. The fourth-order valence-corrected chi connectivity index (χ4v) is 3.59. The zero-order valence-corrected chi connectivity index (χ0v) is 14.1. The van der Waals surface area contributed by atoms with Gasteiger partial charge in [-0.3, -0.25) is 14.2 Å². The van der Waals surface area contributed by atoms with Gasteiger partial charge < -0.3 is 14.7 Å². The van der Waals surface area contributed by atoms with E-state index in [0.29, 0.717) is 29.9 Å². The van der Waals surface area contributed by atoms with E-state index in [9.17, 15) is 19.1 Å². The molecule has 0 amide bonds. The van der Waals surface area contributed by atoms with Crippen molar-refractivity contribution in [2.45, 2.75) is 6.10 Å². The number of hydrogen-bond acceptors (Lipinski definition) is 6. The first-order chi connectivity index (χ1) is 13.1. The molecule has 2 aromatic carbocycles. The lowest BCUT2D eigenvalue weighted by molar-refractivity contribution is 0.0645. The van der Waals surface area contributed by atoms with Gasteiger partial charge in [0.1, 0.15) is 18.7 Å². The number of aliphatic hydroxyl groups is 1. The second-order valence-corrected chi connectivity index (χ2v) is 6.59. The first-order valence-corrected chi connectivity index (χ1v) is 8.45. The molecular weight excluding hydrogens is 353 g/mol. The van der Waals surface area contributed by atoms with Crippen molar-refractivity contribution >= 4 is 22.4 Å². The number of aromatic nitrogens is 2. The van der Waals surface area contributed by atoms with Crippen molar-refractivity contribution < 1.29 is 19.0 Å². The molecule has 27 heavy (non-hydrogen) atoms. The molecule has 5 rings (SSSR count). The van der Waals surface area contributed by atoms with Crippen LogP contribution in [0.15, 0.2) is 41.2 Å². The Balaban J connectivity index is 1.66. The molecule has 8 heteroatoms. The maximum atomic E-state index is 13.5. The predicted octanol–water partition coefficient (Wildman–Crippen LogP) is 1.22. The van der Waals surface area contributed by atoms with Crippen molar-refractivity contribution in [3.05, 3.63) is 64.0 Å². The highest BCUT2D eigenvalue weighted by Crippen LogP contribution is 2.28. The number of anilines is 1.